The van der Waals surface area contributed by atoms with Crippen LogP contribution in [0.2, 0.25) is 0 Å². The lowest BCUT2D eigenvalue weighted by Crippen LogP contribution is -2.16. The topological polar surface area (TPSA) is 78.3 Å². The minimum absolute atomic E-state index is 0.193. The molecular formula is C13H20N2O2S. The van der Waals surface area contributed by atoms with Crippen molar-refractivity contribution in [3.8, 4) is 5.75 Å². The number of ether oxygens (including phenoxy) is 1. The molecule has 0 spiro atoms. The summed E-state index contributed by atoms with van der Waals surface area (Å²) < 4.78 is 5.77. The summed E-state index contributed by atoms with van der Waals surface area (Å²) in [7, 11) is 0. The fraction of sp³-hybridized carbons (Fsp3) is 0.462. The molecule has 0 saturated heterocycles. The van der Waals surface area contributed by atoms with Gasteiger partial charge >= 0.3 is 0 Å². The number of para-hydroxylation sites is 1. The summed E-state index contributed by atoms with van der Waals surface area (Å²) in [5.41, 5.74) is 11.8. The first kappa shape index (κ1) is 14.7. The molecule has 0 saturated carbocycles. The molecule has 4 nitrogen and oxygen atoms in total. The van der Waals surface area contributed by atoms with Crippen molar-refractivity contribution in [3.05, 3.63) is 23.8 Å². The van der Waals surface area contributed by atoms with Gasteiger partial charge in [-0.3, -0.25) is 4.79 Å². The molecule has 0 bridgehead atoms. The smallest absolute Gasteiger partial charge is 0.252 e. The molecule has 0 aromatic heterocycles. The zero-order valence-corrected chi connectivity index (χ0v) is 11.8. The first-order valence-electron chi connectivity index (χ1n) is 5.76. The number of thioether (sulfide) groups is 1. The van der Waals surface area contributed by atoms with Gasteiger partial charge in [0.25, 0.3) is 5.91 Å². The molecule has 1 aromatic rings. The summed E-state index contributed by atoms with van der Waals surface area (Å²) >= 11 is 1.79. The highest BCUT2D eigenvalue weighted by Gasteiger charge is 2.13. The van der Waals surface area contributed by atoms with E-state index in [1.807, 2.05) is 0 Å². The largest absolute Gasteiger partial charge is 0.490 e. The molecule has 100 valence electrons. The van der Waals surface area contributed by atoms with Crippen LogP contribution in [0, 0.1) is 0 Å². The van der Waals surface area contributed by atoms with Gasteiger partial charge in [-0.25, -0.2) is 0 Å². The maximum Gasteiger partial charge on any atom is 0.252 e. The van der Waals surface area contributed by atoms with Gasteiger partial charge in [0, 0.05) is 10.5 Å². The normalized spacial score (nSPS) is 11.3. The number of nitrogen functional groups attached to an aromatic ring is 1. The first-order valence-corrected chi connectivity index (χ1v) is 6.75. The van der Waals surface area contributed by atoms with Gasteiger partial charge in [0.15, 0.2) is 5.75 Å². The molecule has 0 atom stereocenters. The van der Waals surface area contributed by atoms with E-state index in [9.17, 15) is 4.79 Å². The Morgan fingerprint density at radius 1 is 1.39 bits per heavy atom. The predicted molar refractivity (Wildman–Crippen MR) is 77.1 cm³/mol. The van der Waals surface area contributed by atoms with Crippen LogP contribution in [-0.2, 0) is 0 Å². The van der Waals surface area contributed by atoms with E-state index < -0.39 is 5.91 Å². The summed E-state index contributed by atoms with van der Waals surface area (Å²) in [6.07, 6.45) is 0. The second-order valence-electron chi connectivity index (χ2n) is 4.90. The van der Waals surface area contributed by atoms with Crippen LogP contribution in [0.1, 0.15) is 31.1 Å². The number of carbonyl (C=O) groups is 1. The van der Waals surface area contributed by atoms with Crippen molar-refractivity contribution in [2.45, 2.75) is 25.5 Å². The van der Waals surface area contributed by atoms with Gasteiger partial charge < -0.3 is 16.2 Å². The van der Waals surface area contributed by atoms with E-state index in [0.717, 1.165) is 5.75 Å². The summed E-state index contributed by atoms with van der Waals surface area (Å²) in [4.78, 5) is 11.2. The molecule has 0 fully saturated rings. The molecule has 0 aliphatic rings. The summed E-state index contributed by atoms with van der Waals surface area (Å²) in [5, 5.41) is 0. The lowest BCUT2D eigenvalue weighted by molar-refractivity contribution is 0.0997. The molecule has 0 unspecified atom stereocenters. The summed E-state index contributed by atoms with van der Waals surface area (Å²) in [5.74, 6) is 0.691. The molecule has 5 heteroatoms. The van der Waals surface area contributed by atoms with E-state index >= 15 is 0 Å². The van der Waals surface area contributed by atoms with Crippen molar-refractivity contribution in [1.29, 1.82) is 0 Å². The Morgan fingerprint density at radius 2 is 2.06 bits per heavy atom. The van der Waals surface area contributed by atoms with Gasteiger partial charge in [0.2, 0.25) is 0 Å². The molecule has 0 heterocycles. The first-order chi connectivity index (χ1) is 8.31. The van der Waals surface area contributed by atoms with Crippen molar-refractivity contribution in [1.82, 2.24) is 0 Å². The van der Waals surface area contributed by atoms with E-state index in [-0.39, 0.29) is 4.75 Å². The third-order valence-electron chi connectivity index (χ3n) is 2.18. The number of anilines is 1. The van der Waals surface area contributed by atoms with Gasteiger partial charge in [-0.1, -0.05) is 26.8 Å². The fourth-order valence-electron chi connectivity index (χ4n) is 1.40. The zero-order valence-electron chi connectivity index (χ0n) is 11.0. The minimum Gasteiger partial charge on any atom is -0.490 e. The minimum atomic E-state index is -0.527. The number of benzene rings is 1. The third kappa shape index (κ3) is 4.49. The van der Waals surface area contributed by atoms with Gasteiger partial charge in [-0.15, -0.1) is 0 Å². The quantitative estimate of drug-likeness (QED) is 0.634. The highest BCUT2D eigenvalue weighted by Crippen LogP contribution is 2.27. The maximum absolute atomic E-state index is 11.2. The monoisotopic (exact) mass is 268 g/mol. The average molecular weight is 268 g/mol. The average Bonchev–Trinajstić information content (AvgIpc) is 2.24. The van der Waals surface area contributed by atoms with Crippen LogP contribution in [0.15, 0.2) is 18.2 Å². The fourth-order valence-corrected chi connectivity index (χ4v) is 2.18. The van der Waals surface area contributed by atoms with Crippen LogP contribution in [0.3, 0.4) is 0 Å². The van der Waals surface area contributed by atoms with Crippen LogP contribution in [0.4, 0.5) is 5.69 Å². The van der Waals surface area contributed by atoms with Crippen LogP contribution in [0.25, 0.3) is 0 Å². The Labute approximate surface area is 112 Å². The molecule has 1 amide bonds. The van der Waals surface area contributed by atoms with Gasteiger partial charge in [-0.2, -0.15) is 11.8 Å². The highest BCUT2D eigenvalue weighted by molar-refractivity contribution is 8.00. The molecule has 0 aliphatic heterocycles. The van der Waals surface area contributed by atoms with E-state index in [1.54, 1.807) is 30.0 Å². The predicted octanol–water partition coefficient (Wildman–Crippen LogP) is 2.28. The molecule has 18 heavy (non-hydrogen) atoms. The van der Waals surface area contributed by atoms with Crippen LogP contribution < -0.4 is 16.2 Å². The molecule has 0 aliphatic carbocycles. The standard InChI is InChI=1S/C13H20N2O2S/c1-13(2,3)18-8-7-17-11-9(12(15)16)5-4-6-10(11)14/h4-6H,7-8,14H2,1-3H3,(H2,15,16). The number of carbonyl (C=O) groups excluding carboxylic acids is 1. The van der Waals surface area contributed by atoms with Gasteiger partial charge in [-0.05, 0) is 12.1 Å². The second kappa shape index (κ2) is 6.00. The van der Waals surface area contributed by atoms with E-state index in [1.165, 1.54) is 0 Å². The number of nitrogens with two attached hydrogens (primary N) is 2. The Balaban J connectivity index is 2.64. The van der Waals surface area contributed by atoms with Crippen LogP contribution in [0.5, 0.6) is 5.75 Å². The van der Waals surface area contributed by atoms with Crippen LogP contribution >= 0.6 is 11.8 Å². The zero-order chi connectivity index (χ0) is 13.8. The van der Waals surface area contributed by atoms with Crippen molar-refractivity contribution in [3.63, 3.8) is 0 Å². The van der Waals surface area contributed by atoms with E-state index in [4.69, 9.17) is 16.2 Å². The Morgan fingerprint density at radius 3 is 2.61 bits per heavy atom. The highest BCUT2D eigenvalue weighted by atomic mass is 32.2. The van der Waals surface area contributed by atoms with Crippen molar-refractivity contribution in [2.75, 3.05) is 18.1 Å². The third-order valence-corrected chi connectivity index (χ3v) is 3.41. The SMILES string of the molecule is CC(C)(C)SCCOc1c(N)cccc1C(N)=O. The van der Waals surface area contributed by atoms with Gasteiger partial charge in [0.05, 0.1) is 17.9 Å². The van der Waals surface area contributed by atoms with Crippen molar-refractivity contribution < 1.29 is 9.53 Å². The van der Waals surface area contributed by atoms with Crippen LogP contribution in [-0.4, -0.2) is 23.0 Å². The Kier molecular flexibility index (Phi) is 4.90. The van der Waals surface area contributed by atoms with Gasteiger partial charge in [0.1, 0.15) is 0 Å². The van der Waals surface area contributed by atoms with E-state index in [2.05, 4.69) is 20.8 Å². The second-order valence-corrected chi connectivity index (χ2v) is 6.82. The molecule has 0 radical (unpaired) electrons. The van der Waals surface area contributed by atoms with Crippen molar-refractivity contribution >= 4 is 23.4 Å². The number of amides is 1. The lowest BCUT2D eigenvalue weighted by Gasteiger charge is -2.18. The van der Waals surface area contributed by atoms with E-state index in [0.29, 0.717) is 23.6 Å². The maximum atomic E-state index is 11.2. The Bertz CT molecular complexity index is 427. The number of rotatable bonds is 5. The Hall–Kier alpha value is -1.36. The number of hydrogen-bond acceptors (Lipinski definition) is 4. The molecule has 4 N–H and O–H groups in total. The summed E-state index contributed by atoms with van der Waals surface area (Å²) in [6, 6.07) is 5.00. The summed E-state index contributed by atoms with van der Waals surface area (Å²) in [6.45, 7) is 6.92. The molecule has 1 rings (SSSR count). The number of hydrogen-bond donors (Lipinski definition) is 2. The number of primary amides is 1. The molecule has 1 aromatic carbocycles. The van der Waals surface area contributed by atoms with Crippen molar-refractivity contribution in [2.24, 2.45) is 5.73 Å². The lowest BCUT2D eigenvalue weighted by atomic mass is 10.1. The molecular weight excluding hydrogens is 248 g/mol.